The van der Waals surface area contributed by atoms with Gasteiger partial charge < -0.3 is 4.84 Å². The minimum atomic E-state index is 0.696. The van der Waals surface area contributed by atoms with E-state index in [1.54, 1.807) is 0 Å². The third-order valence-corrected chi connectivity index (χ3v) is 1.05. The molecule has 0 bridgehead atoms. The second-order valence-corrected chi connectivity index (χ2v) is 1.97. The van der Waals surface area contributed by atoms with E-state index in [1.807, 2.05) is 6.54 Å². The second-order valence-electron chi connectivity index (χ2n) is 1.97. The Kier molecular flexibility index (Phi) is 1.65. The molecular weight excluding hydrogens is 90.1 g/mol. The summed E-state index contributed by atoms with van der Waals surface area (Å²) >= 11 is 0. The van der Waals surface area contributed by atoms with E-state index in [4.69, 9.17) is 4.84 Å². The van der Waals surface area contributed by atoms with E-state index in [9.17, 15) is 0 Å². The number of nitrogens with one attached hydrogen (secondary N) is 1. The lowest BCUT2D eigenvalue weighted by atomic mass is 10.1. The van der Waals surface area contributed by atoms with Crippen molar-refractivity contribution in [2.75, 3.05) is 6.61 Å². The summed E-state index contributed by atoms with van der Waals surface area (Å²) in [5, 5.41) is 0. The first kappa shape index (κ1) is 5.06. The van der Waals surface area contributed by atoms with Crippen molar-refractivity contribution in [2.45, 2.75) is 13.3 Å². The van der Waals surface area contributed by atoms with Crippen LogP contribution in [0.25, 0.3) is 0 Å². The highest BCUT2D eigenvalue weighted by Crippen LogP contribution is 2.06. The van der Waals surface area contributed by atoms with Gasteiger partial charge in [0.2, 0.25) is 0 Å². The van der Waals surface area contributed by atoms with Crippen LogP contribution in [0.2, 0.25) is 0 Å². The average Bonchev–Trinajstić information content (AvgIpc) is 1.69. The van der Waals surface area contributed by atoms with Crippen molar-refractivity contribution < 1.29 is 4.84 Å². The number of hydrogen-bond acceptors (Lipinski definition) is 2. The third kappa shape index (κ3) is 1.45. The van der Waals surface area contributed by atoms with Crippen LogP contribution in [0.4, 0.5) is 0 Å². The summed E-state index contributed by atoms with van der Waals surface area (Å²) in [6.45, 7) is 4.95. The highest BCUT2D eigenvalue weighted by Gasteiger charge is 2.06. The predicted molar refractivity (Wildman–Crippen MR) is 27.2 cm³/mol. The Morgan fingerprint density at radius 3 is 3.00 bits per heavy atom. The van der Waals surface area contributed by atoms with E-state index in [0.717, 1.165) is 13.0 Å². The van der Waals surface area contributed by atoms with Gasteiger partial charge >= 0.3 is 0 Å². The zero-order chi connectivity index (χ0) is 5.11. The lowest BCUT2D eigenvalue weighted by Gasteiger charge is -2.16. The molecule has 1 atom stereocenters. The Morgan fingerprint density at radius 1 is 1.86 bits per heavy atom. The van der Waals surface area contributed by atoms with Crippen LogP contribution >= 0.6 is 0 Å². The standard InChI is InChI=1S/C5H10NO/c1-5-2-3-6-7-4-5/h3,5-6H,2,4H2,1H3. The van der Waals surface area contributed by atoms with Gasteiger partial charge in [-0.05, 0) is 12.3 Å². The molecule has 41 valence electrons. The van der Waals surface area contributed by atoms with Gasteiger partial charge in [0.15, 0.2) is 0 Å². The molecule has 0 spiro atoms. The van der Waals surface area contributed by atoms with Crippen molar-refractivity contribution >= 4 is 0 Å². The Bertz CT molecular complexity index is 50.0. The number of hydroxylamine groups is 1. The highest BCUT2D eigenvalue weighted by atomic mass is 16.6. The van der Waals surface area contributed by atoms with Crippen molar-refractivity contribution in [1.82, 2.24) is 5.48 Å². The topological polar surface area (TPSA) is 21.3 Å². The second kappa shape index (κ2) is 2.28. The summed E-state index contributed by atoms with van der Waals surface area (Å²) in [4.78, 5) is 4.88. The van der Waals surface area contributed by atoms with E-state index < -0.39 is 0 Å². The van der Waals surface area contributed by atoms with Crippen molar-refractivity contribution in [2.24, 2.45) is 5.92 Å². The molecule has 1 saturated heterocycles. The fourth-order valence-corrected chi connectivity index (χ4v) is 0.567. The zero-order valence-corrected chi connectivity index (χ0v) is 4.48. The summed E-state index contributed by atoms with van der Waals surface area (Å²) in [6.07, 6.45) is 1.12. The minimum absolute atomic E-state index is 0.696. The summed E-state index contributed by atoms with van der Waals surface area (Å²) in [5.41, 5.74) is 2.69. The zero-order valence-electron chi connectivity index (χ0n) is 4.48. The first-order valence-corrected chi connectivity index (χ1v) is 2.58. The van der Waals surface area contributed by atoms with E-state index >= 15 is 0 Å². The first-order chi connectivity index (χ1) is 3.39. The molecule has 2 nitrogen and oxygen atoms in total. The van der Waals surface area contributed by atoms with Crippen molar-refractivity contribution in [3.63, 3.8) is 0 Å². The Morgan fingerprint density at radius 2 is 2.71 bits per heavy atom. The smallest absolute Gasteiger partial charge is 0.0708 e. The number of hydrogen-bond donors (Lipinski definition) is 1. The number of rotatable bonds is 0. The lowest BCUT2D eigenvalue weighted by Crippen LogP contribution is -2.23. The fraction of sp³-hybridized carbons (Fsp3) is 0.800. The molecule has 1 unspecified atom stereocenters. The van der Waals surface area contributed by atoms with Gasteiger partial charge in [-0.1, -0.05) is 6.92 Å². The van der Waals surface area contributed by atoms with E-state index in [0.29, 0.717) is 5.92 Å². The molecule has 7 heavy (non-hydrogen) atoms. The summed E-state index contributed by atoms with van der Waals surface area (Å²) < 4.78 is 0. The van der Waals surface area contributed by atoms with Gasteiger partial charge in [0.25, 0.3) is 0 Å². The van der Waals surface area contributed by atoms with Gasteiger partial charge in [0.05, 0.1) is 13.2 Å². The molecular formula is C5H10NO. The maximum atomic E-state index is 4.88. The van der Waals surface area contributed by atoms with Crippen LogP contribution in [-0.4, -0.2) is 6.61 Å². The van der Waals surface area contributed by atoms with E-state index in [-0.39, 0.29) is 0 Å². The quantitative estimate of drug-likeness (QED) is 0.484. The van der Waals surface area contributed by atoms with Crippen LogP contribution in [0.3, 0.4) is 0 Å². The predicted octanol–water partition coefficient (Wildman–Crippen LogP) is 0.709. The van der Waals surface area contributed by atoms with Crippen LogP contribution in [-0.2, 0) is 4.84 Å². The normalized spacial score (nSPS) is 33.0. The van der Waals surface area contributed by atoms with Gasteiger partial charge in [-0.15, -0.1) is 0 Å². The monoisotopic (exact) mass is 100 g/mol. The molecule has 0 aromatic rings. The molecule has 1 rings (SSSR count). The van der Waals surface area contributed by atoms with Crippen molar-refractivity contribution in [3.8, 4) is 0 Å². The molecule has 1 heterocycles. The average molecular weight is 100 g/mol. The molecule has 1 aliphatic heterocycles. The van der Waals surface area contributed by atoms with Gasteiger partial charge in [0, 0.05) is 0 Å². The maximum Gasteiger partial charge on any atom is 0.0708 e. The molecule has 2 heteroatoms. The van der Waals surface area contributed by atoms with Crippen LogP contribution in [0.5, 0.6) is 0 Å². The molecule has 0 amide bonds. The molecule has 1 radical (unpaired) electrons. The Labute approximate surface area is 43.8 Å². The molecule has 0 aromatic heterocycles. The summed E-state index contributed by atoms with van der Waals surface area (Å²) in [5.74, 6) is 0.696. The summed E-state index contributed by atoms with van der Waals surface area (Å²) in [7, 11) is 0. The summed E-state index contributed by atoms with van der Waals surface area (Å²) in [6, 6.07) is 0. The van der Waals surface area contributed by atoms with Crippen molar-refractivity contribution in [1.29, 1.82) is 0 Å². The molecule has 1 fully saturated rings. The van der Waals surface area contributed by atoms with E-state index in [1.165, 1.54) is 0 Å². The molecule has 1 aliphatic rings. The minimum Gasteiger partial charge on any atom is -0.301 e. The van der Waals surface area contributed by atoms with Crippen LogP contribution in [0.1, 0.15) is 13.3 Å². The van der Waals surface area contributed by atoms with Crippen molar-refractivity contribution in [3.05, 3.63) is 6.54 Å². The SMILES string of the molecule is CC1C[CH]NOC1. The largest absolute Gasteiger partial charge is 0.301 e. The van der Waals surface area contributed by atoms with Gasteiger partial charge in [0.1, 0.15) is 0 Å². The maximum absolute atomic E-state index is 4.88. The van der Waals surface area contributed by atoms with Gasteiger partial charge in [-0.2, -0.15) is 5.48 Å². The van der Waals surface area contributed by atoms with E-state index in [2.05, 4.69) is 12.4 Å². The van der Waals surface area contributed by atoms with Crippen LogP contribution in [0.15, 0.2) is 0 Å². The molecule has 0 saturated carbocycles. The lowest BCUT2D eigenvalue weighted by molar-refractivity contribution is 0.00696. The Balaban J connectivity index is 2.12. The van der Waals surface area contributed by atoms with Crippen LogP contribution in [0, 0.1) is 12.5 Å². The molecule has 0 aliphatic carbocycles. The molecule has 1 N–H and O–H groups in total. The third-order valence-electron chi connectivity index (χ3n) is 1.05. The van der Waals surface area contributed by atoms with Gasteiger partial charge in [-0.25, -0.2) is 0 Å². The fourth-order valence-electron chi connectivity index (χ4n) is 0.567. The first-order valence-electron chi connectivity index (χ1n) is 2.58. The Hall–Kier alpha value is -0.0800. The molecule has 0 aromatic carbocycles. The van der Waals surface area contributed by atoms with Crippen LogP contribution < -0.4 is 5.48 Å². The van der Waals surface area contributed by atoms with Gasteiger partial charge in [-0.3, -0.25) is 0 Å². The highest BCUT2D eigenvalue weighted by molar-refractivity contribution is 4.65.